The highest BCUT2D eigenvalue weighted by Gasteiger charge is 2.63. The zero-order chi connectivity index (χ0) is 24.9. The second kappa shape index (κ2) is 9.89. The first kappa shape index (κ1) is 25.6. The van der Waals surface area contributed by atoms with Crippen LogP contribution in [-0.2, 0) is 24.3 Å². The number of benzene rings is 1. The maximum atomic E-state index is 13.9. The molecule has 1 atom stereocenters. The van der Waals surface area contributed by atoms with Gasteiger partial charge in [-0.1, -0.05) is 0 Å². The molecule has 1 aromatic carbocycles. The Morgan fingerprint density at radius 2 is 1.70 bits per heavy atom. The molecular weight excluding hydrogens is 471 g/mol. The molecule has 33 heavy (non-hydrogen) atoms. The van der Waals surface area contributed by atoms with Crippen molar-refractivity contribution in [1.82, 2.24) is 15.5 Å². The summed E-state index contributed by atoms with van der Waals surface area (Å²) in [4.78, 5) is 23.3. The molecule has 1 heterocycles. The topological polar surface area (TPSA) is 149 Å². The summed E-state index contributed by atoms with van der Waals surface area (Å²) in [7, 11) is -2.82. The lowest BCUT2D eigenvalue weighted by Crippen LogP contribution is -2.69. The number of carbonyl (C=O) groups excluding carboxylic acids is 2. The van der Waals surface area contributed by atoms with Gasteiger partial charge in [0.1, 0.15) is 0 Å². The van der Waals surface area contributed by atoms with Crippen LogP contribution in [0.3, 0.4) is 0 Å². The summed E-state index contributed by atoms with van der Waals surface area (Å²) in [6, 6.07) is 6.60. The van der Waals surface area contributed by atoms with Gasteiger partial charge in [-0.3, -0.25) is 9.52 Å². The van der Waals surface area contributed by atoms with E-state index in [1.165, 1.54) is 26.2 Å². The van der Waals surface area contributed by atoms with Gasteiger partial charge in [0.2, 0.25) is 11.8 Å². The van der Waals surface area contributed by atoms with Crippen LogP contribution in [0.1, 0.15) is 13.8 Å². The summed E-state index contributed by atoms with van der Waals surface area (Å²) in [6.07, 6.45) is -5.30. The lowest BCUT2D eigenvalue weighted by Gasteiger charge is -2.35. The Morgan fingerprint density at radius 3 is 2.15 bits per heavy atom. The molecule has 0 spiro atoms. The van der Waals surface area contributed by atoms with Crippen LogP contribution in [-0.4, -0.2) is 56.0 Å². The number of anilines is 2. The van der Waals surface area contributed by atoms with Crippen molar-refractivity contribution in [1.29, 1.82) is 0 Å². The third-order valence-electron chi connectivity index (χ3n) is 3.95. The fourth-order valence-electron chi connectivity index (χ4n) is 2.51. The standard InChI is InChI=1S/C18H20F3N5O6S/c1-4-32-16(28)17(18(19,20)21,22-11(2)27)23-12-5-7-13(8-6-12)33(29,30)26-14-9-10-15(31-3)25-24-14/h5-10,23H,4H2,1-3H3,(H,22,27)(H,24,26)/t17-/m0/s1. The third kappa shape index (κ3) is 6.00. The first-order valence-corrected chi connectivity index (χ1v) is 10.6. The molecule has 0 fully saturated rings. The van der Waals surface area contributed by atoms with Gasteiger partial charge in [0.05, 0.1) is 18.6 Å². The van der Waals surface area contributed by atoms with Crippen LogP contribution in [0.4, 0.5) is 24.7 Å². The monoisotopic (exact) mass is 491 g/mol. The minimum absolute atomic E-state index is 0.123. The number of halogens is 3. The molecule has 0 radical (unpaired) electrons. The molecule has 0 saturated carbocycles. The van der Waals surface area contributed by atoms with Crippen molar-refractivity contribution in [2.75, 3.05) is 23.8 Å². The largest absolute Gasteiger partial charge is 0.480 e. The Bertz CT molecular complexity index is 1090. The van der Waals surface area contributed by atoms with Gasteiger partial charge in [0, 0.05) is 18.7 Å². The van der Waals surface area contributed by atoms with Gasteiger partial charge in [-0.25, -0.2) is 13.2 Å². The van der Waals surface area contributed by atoms with Crippen molar-refractivity contribution in [2.45, 2.75) is 30.6 Å². The van der Waals surface area contributed by atoms with E-state index in [0.717, 1.165) is 31.2 Å². The van der Waals surface area contributed by atoms with Crippen molar-refractivity contribution < 1.29 is 40.7 Å². The van der Waals surface area contributed by atoms with E-state index in [2.05, 4.69) is 19.7 Å². The Labute approximate surface area is 186 Å². The van der Waals surface area contributed by atoms with Gasteiger partial charge in [-0.15, -0.1) is 10.2 Å². The van der Waals surface area contributed by atoms with Gasteiger partial charge in [0.15, 0.2) is 5.82 Å². The van der Waals surface area contributed by atoms with Crippen LogP contribution >= 0.6 is 0 Å². The van der Waals surface area contributed by atoms with E-state index in [-0.39, 0.29) is 28.9 Å². The smallest absolute Gasteiger partial charge is 0.441 e. The van der Waals surface area contributed by atoms with Crippen LogP contribution in [0.25, 0.3) is 0 Å². The van der Waals surface area contributed by atoms with Crippen molar-refractivity contribution in [2.24, 2.45) is 0 Å². The number of hydrogen-bond donors (Lipinski definition) is 3. The van der Waals surface area contributed by atoms with E-state index in [9.17, 15) is 31.2 Å². The van der Waals surface area contributed by atoms with Crippen LogP contribution in [0.15, 0.2) is 41.3 Å². The number of rotatable bonds is 9. The Kier molecular flexibility index (Phi) is 7.68. The SMILES string of the molecule is CCOC(=O)[C@](NC(C)=O)(Nc1ccc(S(=O)(=O)Nc2ccc(OC)nn2)cc1)C(F)(F)F. The number of methoxy groups -OCH3 is 1. The number of esters is 1. The number of hydrogen-bond acceptors (Lipinski definition) is 9. The van der Waals surface area contributed by atoms with Crippen LogP contribution < -0.4 is 20.1 Å². The highest BCUT2D eigenvalue weighted by atomic mass is 32.2. The zero-order valence-corrected chi connectivity index (χ0v) is 18.4. The second-order valence-electron chi connectivity index (χ2n) is 6.37. The number of ether oxygens (including phenoxy) is 2. The highest BCUT2D eigenvalue weighted by Crippen LogP contribution is 2.33. The van der Waals surface area contributed by atoms with Gasteiger partial charge < -0.3 is 20.1 Å². The number of alkyl halides is 3. The molecule has 0 bridgehead atoms. The summed E-state index contributed by atoms with van der Waals surface area (Å²) < 4.78 is 78.1. The number of carbonyl (C=O) groups is 2. The molecule has 0 aliphatic heterocycles. The summed E-state index contributed by atoms with van der Waals surface area (Å²) in [5, 5.41) is 10.7. The van der Waals surface area contributed by atoms with Crippen molar-refractivity contribution in [3.05, 3.63) is 36.4 Å². The number of amides is 1. The summed E-state index contributed by atoms with van der Waals surface area (Å²) in [5.41, 5.74) is -3.91. The highest BCUT2D eigenvalue weighted by molar-refractivity contribution is 7.92. The minimum atomic E-state index is -5.30. The number of sulfonamides is 1. The fraction of sp³-hybridized carbons (Fsp3) is 0.333. The average molecular weight is 491 g/mol. The van der Waals surface area contributed by atoms with E-state index >= 15 is 0 Å². The predicted molar refractivity (Wildman–Crippen MR) is 109 cm³/mol. The lowest BCUT2D eigenvalue weighted by atomic mass is 10.1. The average Bonchev–Trinajstić information content (AvgIpc) is 2.73. The number of nitrogens with zero attached hydrogens (tertiary/aromatic N) is 2. The van der Waals surface area contributed by atoms with Crippen molar-refractivity contribution in [3.63, 3.8) is 0 Å². The summed E-state index contributed by atoms with van der Waals surface area (Å²) in [5.74, 6) is -2.91. The zero-order valence-electron chi connectivity index (χ0n) is 17.6. The van der Waals surface area contributed by atoms with Gasteiger partial charge in [-0.05, 0) is 37.3 Å². The second-order valence-corrected chi connectivity index (χ2v) is 8.05. The van der Waals surface area contributed by atoms with E-state index < -0.39 is 33.7 Å². The number of aromatic nitrogens is 2. The molecule has 3 N–H and O–H groups in total. The first-order chi connectivity index (χ1) is 15.3. The van der Waals surface area contributed by atoms with Gasteiger partial charge >= 0.3 is 17.8 Å². The molecule has 0 unspecified atom stereocenters. The minimum Gasteiger partial charge on any atom is -0.480 e. The van der Waals surface area contributed by atoms with E-state index in [0.29, 0.717) is 0 Å². The molecule has 11 nitrogen and oxygen atoms in total. The molecule has 2 aromatic rings. The Balaban J connectivity index is 2.33. The molecule has 0 aliphatic rings. The lowest BCUT2D eigenvalue weighted by molar-refractivity contribution is -0.207. The predicted octanol–water partition coefficient (Wildman–Crippen LogP) is 1.66. The molecule has 0 aliphatic carbocycles. The Morgan fingerprint density at radius 1 is 1.06 bits per heavy atom. The molecule has 0 saturated heterocycles. The number of nitrogens with one attached hydrogen (secondary N) is 3. The quantitative estimate of drug-likeness (QED) is 0.352. The van der Waals surface area contributed by atoms with Crippen molar-refractivity contribution in [3.8, 4) is 5.88 Å². The van der Waals surface area contributed by atoms with Crippen LogP contribution in [0.5, 0.6) is 5.88 Å². The van der Waals surface area contributed by atoms with Crippen molar-refractivity contribution >= 4 is 33.4 Å². The normalized spacial score (nSPS) is 13.4. The third-order valence-corrected chi connectivity index (χ3v) is 5.33. The fourth-order valence-corrected chi connectivity index (χ4v) is 3.50. The molecule has 1 aromatic heterocycles. The van der Waals surface area contributed by atoms with E-state index in [4.69, 9.17) is 4.74 Å². The summed E-state index contributed by atoms with van der Waals surface area (Å²) in [6.45, 7) is 1.71. The van der Waals surface area contributed by atoms with Crippen LogP contribution in [0.2, 0.25) is 0 Å². The molecule has 180 valence electrons. The molecule has 1 amide bonds. The maximum Gasteiger partial charge on any atom is 0.441 e. The van der Waals surface area contributed by atoms with E-state index in [1.54, 1.807) is 5.32 Å². The summed E-state index contributed by atoms with van der Waals surface area (Å²) >= 11 is 0. The molecule has 15 heteroatoms. The molecule has 2 rings (SSSR count). The first-order valence-electron chi connectivity index (χ1n) is 9.16. The van der Waals surface area contributed by atoms with E-state index in [1.807, 2.05) is 5.32 Å². The Hall–Kier alpha value is -3.62. The molecular formula is C18H20F3N5O6S. The maximum absolute atomic E-state index is 13.9. The van der Waals surface area contributed by atoms with Crippen LogP contribution in [0, 0.1) is 0 Å². The van der Waals surface area contributed by atoms with Gasteiger partial charge in [-0.2, -0.15) is 13.2 Å². The van der Waals surface area contributed by atoms with Gasteiger partial charge in [0.25, 0.3) is 10.0 Å².